The highest BCUT2D eigenvalue weighted by Gasteiger charge is 2.25. The molecule has 0 saturated carbocycles. The number of rotatable bonds is 3. The van der Waals surface area contributed by atoms with Gasteiger partial charge in [0.1, 0.15) is 6.26 Å². The average molecular weight is 176 g/mol. The minimum Gasteiger partial charge on any atom is -0.503 e. The number of aliphatic hydroxyl groups is 4. The summed E-state index contributed by atoms with van der Waals surface area (Å²) in [4.78, 5) is 10.3. The quantitative estimate of drug-likeness (QED) is 0.185. The lowest BCUT2D eigenvalue weighted by Gasteiger charge is -2.11. The zero-order valence-electron chi connectivity index (χ0n) is 5.97. The fourth-order valence-electron chi connectivity index (χ4n) is 0.241. The summed E-state index contributed by atoms with van der Waals surface area (Å²) in [5, 5.41) is 33.3. The lowest BCUT2D eigenvalue weighted by Crippen LogP contribution is -2.30. The van der Waals surface area contributed by atoms with Crippen LogP contribution in [0.15, 0.2) is 24.7 Å². The third kappa shape index (κ3) is 3.71. The van der Waals surface area contributed by atoms with Gasteiger partial charge in [-0.1, -0.05) is 6.58 Å². The zero-order valence-corrected chi connectivity index (χ0v) is 5.97. The van der Waals surface area contributed by atoms with E-state index in [2.05, 4.69) is 11.3 Å². The Hall–Kier alpha value is -1.37. The first kappa shape index (κ1) is 10.6. The number of carbonyl (C=O) groups excluding carboxylic acids is 1. The Kier molecular flexibility index (Phi) is 3.42. The second-order valence-electron chi connectivity index (χ2n) is 1.78. The van der Waals surface area contributed by atoms with Crippen molar-refractivity contribution in [2.24, 2.45) is 0 Å². The van der Waals surface area contributed by atoms with Gasteiger partial charge in [0.15, 0.2) is 0 Å². The molecule has 0 aliphatic carbocycles. The number of carbonyl (C=O) groups is 1. The van der Waals surface area contributed by atoms with Gasteiger partial charge in [-0.25, -0.2) is 4.79 Å². The molecule has 0 radical (unpaired) electrons. The molecule has 0 aromatic rings. The van der Waals surface area contributed by atoms with E-state index in [1.807, 2.05) is 0 Å². The van der Waals surface area contributed by atoms with Crippen molar-refractivity contribution in [3.8, 4) is 0 Å². The molecule has 68 valence electrons. The lowest BCUT2D eigenvalue weighted by molar-refractivity contribution is -0.299. The summed E-state index contributed by atoms with van der Waals surface area (Å²) in [6.07, 6.45) is 1.07. The van der Waals surface area contributed by atoms with E-state index in [9.17, 15) is 4.79 Å². The van der Waals surface area contributed by atoms with Crippen LogP contribution in [0.5, 0.6) is 0 Å². The summed E-state index contributed by atoms with van der Waals surface area (Å²) in [7, 11) is 0. The molecule has 0 saturated heterocycles. The van der Waals surface area contributed by atoms with Gasteiger partial charge in [0.2, 0.25) is 5.76 Å². The Bertz CT molecular complexity index is 211. The second-order valence-corrected chi connectivity index (χ2v) is 1.78. The van der Waals surface area contributed by atoms with Crippen LogP contribution in [0.4, 0.5) is 0 Å². The number of hydrogen-bond acceptors (Lipinski definition) is 6. The predicted molar refractivity (Wildman–Crippen MR) is 36.4 cm³/mol. The number of ether oxygens (including phenoxy) is 1. The van der Waals surface area contributed by atoms with Crippen molar-refractivity contribution in [2.75, 3.05) is 0 Å². The topological polar surface area (TPSA) is 107 Å². The Morgan fingerprint density at radius 2 is 1.92 bits per heavy atom. The van der Waals surface area contributed by atoms with E-state index in [1.165, 1.54) is 0 Å². The van der Waals surface area contributed by atoms with Crippen molar-refractivity contribution in [1.82, 2.24) is 0 Å². The molecule has 0 aromatic carbocycles. The molecular formula is C6H8O6. The molecular weight excluding hydrogens is 168 g/mol. The summed E-state index contributed by atoms with van der Waals surface area (Å²) in [6, 6.07) is 0. The standard InChI is InChI=1S/C6H8O6/c1-2-5(8)12-3-4(7)6(9,10)11/h2-3,7,9-11H,1H2/b4-3-. The van der Waals surface area contributed by atoms with Crippen LogP contribution in [0.3, 0.4) is 0 Å². The van der Waals surface area contributed by atoms with E-state index in [0.717, 1.165) is 6.08 Å². The maximum absolute atomic E-state index is 10.3. The third-order valence-corrected chi connectivity index (χ3v) is 0.797. The predicted octanol–water partition coefficient (Wildman–Crippen LogP) is -1.25. The zero-order chi connectivity index (χ0) is 9.78. The van der Waals surface area contributed by atoms with Gasteiger partial charge in [-0.15, -0.1) is 0 Å². The molecule has 0 amide bonds. The molecule has 0 spiro atoms. The van der Waals surface area contributed by atoms with Crippen molar-refractivity contribution < 1.29 is 30.0 Å². The van der Waals surface area contributed by atoms with Gasteiger partial charge < -0.3 is 25.2 Å². The molecule has 0 aromatic heterocycles. The van der Waals surface area contributed by atoms with E-state index < -0.39 is 17.7 Å². The van der Waals surface area contributed by atoms with Gasteiger partial charge in [-0.3, -0.25) is 0 Å². The lowest BCUT2D eigenvalue weighted by atomic mass is 10.5. The molecule has 12 heavy (non-hydrogen) atoms. The first-order chi connectivity index (χ1) is 5.38. The van der Waals surface area contributed by atoms with Crippen LogP contribution in [0, 0.1) is 0 Å². The fraction of sp³-hybridized carbons (Fsp3) is 0.167. The van der Waals surface area contributed by atoms with E-state index >= 15 is 0 Å². The molecule has 0 bridgehead atoms. The van der Waals surface area contributed by atoms with Crippen molar-refractivity contribution in [3.63, 3.8) is 0 Å². The molecule has 0 fully saturated rings. The highest BCUT2D eigenvalue weighted by molar-refractivity contribution is 5.81. The average Bonchev–Trinajstić information content (AvgIpc) is 1.97. The SMILES string of the molecule is C=CC(=O)O/C=C(\O)C(O)(O)O. The Balaban J connectivity index is 4.20. The summed E-state index contributed by atoms with van der Waals surface area (Å²) < 4.78 is 4.03. The summed E-state index contributed by atoms with van der Waals surface area (Å²) in [6.45, 7) is 3.03. The molecule has 6 nitrogen and oxygen atoms in total. The van der Waals surface area contributed by atoms with Gasteiger partial charge in [-0.05, 0) is 0 Å². The summed E-state index contributed by atoms with van der Waals surface area (Å²) >= 11 is 0. The molecule has 6 heteroatoms. The third-order valence-electron chi connectivity index (χ3n) is 0.797. The van der Waals surface area contributed by atoms with E-state index in [1.54, 1.807) is 0 Å². The van der Waals surface area contributed by atoms with Crippen LogP contribution >= 0.6 is 0 Å². The van der Waals surface area contributed by atoms with Gasteiger partial charge in [-0.2, -0.15) is 0 Å². The van der Waals surface area contributed by atoms with Crippen LogP contribution < -0.4 is 0 Å². The number of aliphatic hydroxyl groups excluding tert-OH is 1. The Labute approximate surface area is 67.6 Å². The van der Waals surface area contributed by atoms with Crippen LogP contribution in [-0.2, 0) is 9.53 Å². The Morgan fingerprint density at radius 1 is 1.42 bits per heavy atom. The minimum atomic E-state index is -3.40. The van der Waals surface area contributed by atoms with E-state index in [0.29, 0.717) is 0 Å². The molecule has 4 N–H and O–H groups in total. The highest BCUT2D eigenvalue weighted by atomic mass is 16.7. The molecule has 0 rings (SSSR count). The first-order valence-corrected chi connectivity index (χ1v) is 2.77. The van der Waals surface area contributed by atoms with E-state index in [-0.39, 0.29) is 6.26 Å². The monoisotopic (exact) mass is 176 g/mol. The minimum absolute atomic E-state index is 0.282. The highest BCUT2D eigenvalue weighted by Crippen LogP contribution is 2.05. The smallest absolute Gasteiger partial charge is 0.341 e. The van der Waals surface area contributed by atoms with Crippen molar-refractivity contribution >= 4 is 5.97 Å². The summed E-state index contributed by atoms with van der Waals surface area (Å²) in [5.41, 5.74) is 0. The van der Waals surface area contributed by atoms with Crippen LogP contribution in [0.25, 0.3) is 0 Å². The summed E-state index contributed by atoms with van der Waals surface area (Å²) in [5.74, 6) is -5.62. The number of esters is 1. The first-order valence-electron chi connectivity index (χ1n) is 2.77. The molecule has 0 heterocycles. The molecule has 0 unspecified atom stereocenters. The second kappa shape index (κ2) is 3.86. The number of hydrogen-bond donors (Lipinski definition) is 4. The van der Waals surface area contributed by atoms with Crippen LogP contribution in [0.2, 0.25) is 0 Å². The largest absolute Gasteiger partial charge is 0.503 e. The van der Waals surface area contributed by atoms with Crippen molar-refractivity contribution in [1.29, 1.82) is 0 Å². The van der Waals surface area contributed by atoms with Crippen molar-refractivity contribution in [3.05, 3.63) is 24.7 Å². The van der Waals surface area contributed by atoms with Crippen LogP contribution in [-0.4, -0.2) is 32.4 Å². The van der Waals surface area contributed by atoms with Gasteiger partial charge in [0.05, 0.1) is 0 Å². The normalized spacial score (nSPS) is 12.4. The molecule has 0 atom stereocenters. The van der Waals surface area contributed by atoms with Crippen molar-refractivity contribution in [2.45, 2.75) is 5.97 Å². The van der Waals surface area contributed by atoms with E-state index in [4.69, 9.17) is 20.4 Å². The molecule has 0 aliphatic rings. The van der Waals surface area contributed by atoms with Gasteiger partial charge in [0.25, 0.3) is 0 Å². The van der Waals surface area contributed by atoms with Gasteiger partial charge in [0, 0.05) is 6.08 Å². The maximum Gasteiger partial charge on any atom is 0.341 e. The fourth-order valence-corrected chi connectivity index (χ4v) is 0.241. The molecule has 0 aliphatic heterocycles. The van der Waals surface area contributed by atoms with Crippen LogP contribution in [0.1, 0.15) is 0 Å². The Morgan fingerprint density at radius 3 is 2.25 bits per heavy atom. The van der Waals surface area contributed by atoms with Gasteiger partial charge >= 0.3 is 11.9 Å². The maximum atomic E-state index is 10.3.